The molecule has 1 aromatic heterocycles. The Morgan fingerprint density at radius 3 is 2.48 bits per heavy atom. The lowest BCUT2D eigenvalue weighted by atomic mass is 9.93. The zero-order valence-electron chi connectivity index (χ0n) is 12.7. The van der Waals surface area contributed by atoms with Crippen LogP contribution in [0.25, 0.3) is 0 Å². The summed E-state index contributed by atoms with van der Waals surface area (Å²) in [6.45, 7) is 5.38. The maximum Gasteiger partial charge on any atom is 0.270 e. The van der Waals surface area contributed by atoms with Crippen LogP contribution in [0.15, 0.2) is 12.3 Å². The zero-order chi connectivity index (χ0) is 15.6. The van der Waals surface area contributed by atoms with Gasteiger partial charge in [0.15, 0.2) is 0 Å². The number of likely N-dealkylation sites (tertiary alicyclic amines) is 1. The van der Waals surface area contributed by atoms with E-state index in [1.807, 2.05) is 23.3 Å². The van der Waals surface area contributed by atoms with Crippen LogP contribution in [-0.2, 0) is 4.79 Å². The first-order valence-corrected chi connectivity index (χ1v) is 7.43. The van der Waals surface area contributed by atoms with Gasteiger partial charge in [-0.1, -0.05) is 0 Å². The van der Waals surface area contributed by atoms with Gasteiger partial charge in [0.2, 0.25) is 5.91 Å². The van der Waals surface area contributed by atoms with Crippen LogP contribution in [0.1, 0.15) is 49.6 Å². The molecular formula is C15H24N4O2. The molecule has 0 unspecified atom stereocenters. The first-order valence-electron chi connectivity index (χ1n) is 7.43. The summed E-state index contributed by atoms with van der Waals surface area (Å²) in [5, 5.41) is 0. The maximum absolute atomic E-state index is 12.6. The van der Waals surface area contributed by atoms with Gasteiger partial charge in [-0.2, -0.15) is 0 Å². The Balaban J connectivity index is 2.04. The normalized spacial score (nSPS) is 16.4. The Morgan fingerprint density at radius 1 is 1.33 bits per heavy atom. The molecule has 116 valence electrons. The summed E-state index contributed by atoms with van der Waals surface area (Å²) in [5.74, 6) is 0.0488. The number of nitrogens with zero attached hydrogens (tertiary/aromatic N) is 2. The lowest BCUT2D eigenvalue weighted by molar-refractivity contribution is -0.119. The van der Waals surface area contributed by atoms with E-state index >= 15 is 0 Å². The molecule has 21 heavy (non-hydrogen) atoms. The molecule has 0 spiro atoms. The number of nitrogens with two attached hydrogens (primary N) is 2. The third-order valence-corrected chi connectivity index (χ3v) is 4.04. The van der Waals surface area contributed by atoms with Crippen molar-refractivity contribution in [2.45, 2.75) is 39.2 Å². The van der Waals surface area contributed by atoms with E-state index < -0.39 is 0 Å². The van der Waals surface area contributed by atoms with Crippen molar-refractivity contribution in [2.75, 3.05) is 18.8 Å². The highest BCUT2D eigenvalue weighted by Gasteiger charge is 2.26. The van der Waals surface area contributed by atoms with Crippen LogP contribution in [0.3, 0.4) is 0 Å². The lowest BCUT2D eigenvalue weighted by Crippen LogP contribution is -2.40. The Kier molecular flexibility index (Phi) is 4.55. The van der Waals surface area contributed by atoms with E-state index in [-0.39, 0.29) is 17.9 Å². The van der Waals surface area contributed by atoms with E-state index in [0.29, 0.717) is 36.8 Å². The average molecular weight is 292 g/mol. The largest absolute Gasteiger partial charge is 0.397 e. The Bertz CT molecular complexity index is 528. The van der Waals surface area contributed by atoms with Gasteiger partial charge in [0.1, 0.15) is 5.69 Å². The summed E-state index contributed by atoms with van der Waals surface area (Å²) in [5.41, 5.74) is 12.3. The topological polar surface area (TPSA) is 94.3 Å². The molecule has 1 saturated heterocycles. The van der Waals surface area contributed by atoms with Gasteiger partial charge in [-0.3, -0.25) is 9.59 Å². The van der Waals surface area contributed by atoms with Crippen LogP contribution in [0, 0.1) is 5.92 Å². The standard InChI is InChI=1S/C15H24N4O2/c1-10(2)19-9-12(16)8-13(19)15(21)18-5-3-11(4-6-18)7-14(17)20/h8-11H,3-7,16H2,1-2H3,(H2,17,20). The molecule has 1 aromatic rings. The van der Waals surface area contributed by atoms with Crippen molar-refractivity contribution < 1.29 is 9.59 Å². The molecule has 2 rings (SSSR count). The highest BCUT2D eigenvalue weighted by atomic mass is 16.2. The van der Waals surface area contributed by atoms with Crippen molar-refractivity contribution in [1.29, 1.82) is 0 Å². The number of carbonyl (C=O) groups excluding carboxylic acids is 2. The first kappa shape index (κ1) is 15.4. The Labute approximate surface area is 125 Å². The fourth-order valence-corrected chi connectivity index (χ4v) is 2.89. The van der Waals surface area contributed by atoms with E-state index in [4.69, 9.17) is 11.5 Å². The second kappa shape index (κ2) is 6.20. The van der Waals surface area contributed by atoms with E-state index in [0.717, 1.165) is 12.8 Å². The Morgan fingerprint density at radius 2 is 1.95 bits per heavy atom. The van der Waals surface area contributed by atoms with E-state index in [9.17, 15) is 9.59 Å². The average Bonchev–Trinajstić information content (AvgIpc) is 2.80. The Hall–Kier alpha value is -1.98. The fourth-order valence-electron chi connectivity index (χ4n) is 2.89. The van der Waals surface area contributed by atoms with Gasteiger partial charge >= 0.3 is 0 Å². The summed E-state index contributed by atoms with van der Waals surface area (Å²) in [6, 6.07) is 1.92. The minimum absolute atomic E-state index is 0.0120. The summed E-state index contributed by atoms with van der Waals surface area (Å²) in [6.07, 6.45) is 3.87. The number of primary amides is 1. The molecule has 0 bridgehead atoms. The van der Waals surface area contributed by atoms with Gasteiger partial charge in [-0.25, -0.2) is 0 Å². The van der Waals surface area contributed by atoms with Crippen molar-refractivity contribution in [3.8, 4) is 0 Å². The monoisotopic (exact) mass is 292 g/mol. The number of piperidine rings is 1. The van der Waals surface area contributed by atoms with Gasteiger partial charge in [0.25, 0.3) is 5.91 Å². The van der Waals surface area contributed by atoms with Gasteiger partial charge in [0.05, 0.1) is 5.69 Å². The number of anilines is 1. The minimum Gasteiger partial charge on any atom is -0.397 e. The lowest BCUT2D eigenvalue weighted by Gasteiger charge is -2.32. The summed E-state index contributed by atoms with van der Waals surface area (Å²) >= 11 is 0. The fraction of sp³-hybridized carbons (Fsp3) is 0.600. The molecule has 2 amide bonds. The molecule has 1 aliphatic heterocycles. The molecule has 6 nitrogen and oxygen atoms in total. The van der Waals surface area contributed by atoms with Crippen molar-refractivity contribution in [1.82, 2.24) is 9.47 Å². The smallest absolute Gasteiger partial charge is 0.270 e. The van der Waals surface area contributed by atoms with Crippen molar-refractivity contribution >= 4 is 17.5 Å². The van der Waals surface area contributed by atoms with Crippen LogP contribution in [0.5, 0.6) is 0 Å². The molecule has 0 atom stereocenters. The van der Waals surface area contributed by atoms with Crippen LogP contribution in [0.4, 0.5) is 5.69 Å². The predicted molar refractivity (Wildman–Crippen MR) is 81.7 cm³/mol. The number of hydrogen-bond donors (Lipinski definition) is 2. The molecule has 6 heteroatoms. The second-order valence-electron chi connectivity index (χ2n) is 6.07. The summed E-state index contributed by atoms with van der Waals surface area (Å²) < 4.78 is 1.91. The summed E-state index contributed by atoms with van der Waals surface area (Å²) in [7, 11) is 0. The molecule has 0 aliphatic carbocycles. The van der Waals surface area contributed by atoms with Crippen LogP contribution in [-0.4, -0.2) is 34.4 Å². The van der Waals surface area contributed by atoms with Crippen LogP contribution in [0.2, 0.25) is 0 Å². The van der Waals surface area contributed by atoms with Crippen molar-refractivity contribution in [3.63, 3.8) is 0 Å². The SMILES string of the molecule is CC(C)n1cc(N)cc1C(=O)N1CCC(CC(N)=O)CC1. The first-order chi connectivity index (χ1) is 9.88. The third kappa shape index (κ3) is 3.56. The van der Waals surface area contributed by atoms with Gasteiger partial charge in [-0.15, -0.1) is 0 Å². The number of carbonyl (C=O) groups is 2. The second-order valence-corrected chi connectivity index (χ2v) is 6.07. The van der Waals surface area contributed by atoms with E-state index in [2.05, 4.69) is 0 Å². The number of aromatic nitrogens is 1. The zero-order valence-corrected chi connectivity index (χ0v) is 12.7. The van der Waals surface area contributed by atoms with Gasteiger partial charge in [0, 0.05) is 31.7 Å². The molecule has 2 heterocycles. The van der Waals surface area contributed by atoms with Gasteiger partial charge in [-0.05, 0) is 38.7 Å². The maximum atomic E-state index is 12.6. The van der Waals surface area contributed by atoms with E-state index in [1.165, 1.54) is 0 Å². The highest BCUT2D eigenvalue weighted by molar-refractivity contribution is 5.94. The van der Waals surface area contributed by atoms with Crippen molar-refractivity contribution in [3.05, 3.63) is 18.0 Å². The van der Waals surface area contributed by atoms with E-state index in [1.54, 1.807) is 12.3 Å². The van der Waals surface area contributed by atoms with Crippen LogP contribution >= 0.6 is 0 Å². The molecule has 0 radical (unpaired) electrons. The summed E-state index contributed by atoms with van der Waals surface area (Å²) in [4.78, 5) is 25.4. The predicted octanol–water partition coefficient (Wildman–Crippen LogP) is 1.38. The van der Waals surface area contributed by atoms with Gasteiger partial charge < -0.3 is 20.9 Å². The molecule has 0 saturated carbocycles. The molecule has 0 aromatic carbocycles. The quantitative estimate of drug-likeness (QED) is 0.877. The molecular weight excluding hydrogens is 268 g/mol. The van der Waals surface area contributed by atoms with Crippen LogP contribution < -0.4 is 11.5 Å². The minimum atomic E-state index is -0.263. The number of rotatable bonds is 4. The highest BCUT2D eigenvalue weighted by Crippen LogP contribution is 2.24. The number of nitrogen functional groups attached to an aromatic ring is 1. The van der Waals surface area contributed by atoms with Crippen molar-refractivity contribution in [2.24, 2.45) is 11.7 Å². The molecule has 1 aliphatic rings. The number of amides is 2. The third-order valence-electron chi connectivity index (χ3n) is 4.04. The molecule has 4 N–H and O–H groups in total. The molecule has 1 fully saturated rings. The number of hydrogen-bond acceptors (Lipinski definition) is 3.